The fraction of sp³-hybridized carbons (Fsp3) is 0.400. The van der Waals surface area contributed by atoms with Crippen LogP contribution in [0.5, 0.6) is 5.88 Å². The number of rotatable bonds is 3. The van der Waals surface area contributed by atoms with Crippen LogP contribution in [0.4, 0.5) is 0 Å². The lowest BCUT2D eigenvalue weighted by Gasteiger charge is -2.33. The summed E-state index contributed by atoms with van der Waals surface area (Å²) in [5.74, 6) is 0.358. The number of hydrogen-bond donors (Lipinski definition) is 0. The van der Waals surface area contributed by atoms with Crippen LogP contribution in [0.1, 0.15) is 29.2 Å². The zero-order valence-electron chi connectivity index (χ0n) is 12.0. The van der Waals surface area contributed by atoms with Crippen molar-refractivity contribution in [2.45, 2.75) is 18.9 Å². The van der Waals surface area contributed by atoms with E-state index in [2.05, 4.69) is 14.5 Å². The summed E-state index contributed by atoms with van der Waals surface area (Å²) in [5, 5.41) is 0. The first-order chi connectivity index (χ1) is 10.3. The predicted molar refractivity (Wildman–Crippen MR) is 77.2 cm³/mol. The summed E-state index contributed by atoms with van der Waals surface area (Å²) in [6.45, 7) is 1.45. The van der Waals surface area contributed by atoms with Gasteiger partial charge < -0.3 is 14.2 Å². The molecule has 1 amide bonds. The summed E-state index contributed by atoms with van der Waals surface area (Å²) in [4.78, 5) is 22.7. The molecule has 1 atom stereocenters. The number of methoxy groups -OCH3 is 1. The van der Waals surface area contributed by atoms with Gasteiger partial charge in [-0.25, -0.2) is 9.97 Å². The summed E-state index contributed by atoms with van der Waals surface area (Å²) in [6.07, 6.45) is 9.19. The lowest BCUT2D eigenvalue weighted by Crippen LogP contribution is -2.40. The van der Waals surface area contributed by atoms with Crippen molar-refractivity contribution in [2.24, 2.45) is 0 Å². The second-order valence-electron chi connectivity index (χ2n) is 5.12. The predicted octanol–water partition coefficient (Wildman–Crippen LogP) is 1.76. The number of imidazole rings is 1. The van der Waals surface area contributed by atoms with Crippen LogP contribution in [0.25, 0.3) is 0 Å². The number of amides is 1. The molecule has 0 radical (unpaired) electrons. The van der Waals surface area contributed by atoms with Crippen LogP contribution < -0.4 is 4.74 Å². The average Bonchev–Trinajstić information content (AvgIpc) is 3.09. The van der Waals surface area contributed by atoms with E-state index in [1.807, 2.05) is 17.4 Å². The zero-order chi connectivity index (χ0) is 14.7. The van der Waals surface area contributed by atoms with Crippen molar-refractivity contribution in [2.75, 3.05) is 20.2 Å². The van der Waals surface area contributed by atoms with E-state index in [1.54, 1.807) is 24.5 Å². The molecule has 0 bridgehead atoms. The van der Waals surface area contributed by atoms with Gasteiger partial charge in [-0.3, -0.25) is 4.79 Å². The maximum absolute atomic E-state index is 12.7. The number of nitrogens with zero attached hydrogens (tertiary/aromatic N) is 4. The molecule has 0 spiro atoms. The molecule has 0 N–H and O–H groups in total. The van der Waals surface area contributed by atoms with Gasteiger partial charge in [0.25, 0.3) is 5.91 Å². The minimum Gasteiger partial charge on any atom is -0.480 e. The summed E-state index contributed by atoms with van der Waals surface area (Å²) in [5.41, 5.74) is 0.520. The minimum atomic E-state index is -0.0234. The summed E-state index contributed by atoms with van der Waals surface area (Å²) in [6, 6.07) is 3.80. The first-order valence-corrected chi connectivity index (χ1v) is 7.05. The van der Waals surface area contributed by atoms with Gasteiger partial charge in [0, 0.05) is 31.7 Å². The Bertz CT molecular complexity index is 612. The normalized spacial score (nSPS) is 18.5. The quantitative estimate of drug-likeness (QED) is 0.862. The molecule has 110 valence electrons. The number of ether oxygens (including phenoxy) is 1. The van der Waals surface area contributed by atoms with Crippen LogP contribution in [-0.2, 0) is 0 Å². The second-order valence-corrected chi connectivity index (χ2v) is 5.12. The lowest BCUT2D eigenvalue weighted by atomic mass is 10.0. The van der Waals surface area contributed by atoms with Crippen molar-refractivity contribution in [1.82, 2.24) is 19.4 Å². The number of piperidine rings is 1. The molecule has 0 aromatic carbocycles. The third kappa shape index (κ3) is 2.74. The molecular formula is C15H18N4O2. The van der Waals surface area contributed by atoms with Crippen molar-refractivity contribution < 1.29 is 9.53 Å². The molecule has 1 aliphatic heterocycles. The highest BCUT2D eigenvalue weighted by molar-refractivity contribution is 5.96. The van der Waals surface area contributed by atoms with Gasteiger partial charge in [-0.2, -0.15) is 0 Å². The molecule has 1 fully saturated rings. The Morgan fingerprint density at radius 2 is 2.33 bits per heavy atom. The minimum absolute atomic E-state index is 0.0234. The first kappa shape index (κ1) is 13.6. The van der Waals surface area contributed by atoms with E-state index in [0.717, 1.165) is 19.4 Å². The Balaban J connectivity index is 1.78. The summed E-state index contributed by atoms with van der Waals surface area (Å²) in [7, 11) is 1.53. The highest BCUT2D eigenvalue weighted by Crippen LogP contribution is 2.24. The maximum atomic E-state index is 12.7. The van der Waals surface area contributed by atoms with Gasteiger partial charge in [0.05, 0.1) is 19.5 Å². The van der Waals surface area contributed by atoms with Crippen molar-refractivity contribution in [3.63, 3.8) is 0 Å². The van der Waals surface area contributed by atoms with Crippen LogP contribution >= 0.6 is 0 Å². The van der Waals surface area contributed by atoms with Crippen LogP contribution in [0.15, 0.2) is 37.1 Å². The molecule has 21 heavy (non-hydrogen) atoms. The molecule has 1 aliphatic rings. The Labute approximate surface area is 123 Å². The van der Waals surface area contributed by atoms with Crippen molar-refractivity contribution in [1.29, 1.82) is 0 Å². The van der Waals surface area contributed by atoms with E-state index >= 15 is 0 Å². The van der Waals surface area contributed by atoms with E-state index in [-0.39, 0.29) is 11.9 Å². The Morgan fingerprint density at radius 3 is 3.10 bits per heavy atom. The van der Waals surface area contributed by atoms with Crippen molar-refractivity contribution >= 4 is 5.91 Å². The smallest absolute Gasteiger partial charge is 0.259 e. The Morgan fingerprint density at radius 1 is 1.43 bits per heavy atom. The van der Waals surface area contributed by atoms with Gasteiger partial charge in [0.15, 0.2) is 0 Å². The summed E-state index contributed by atoms with van der Waals surface area (Å²) < 4.78 is 7.25. The molecule has 6 nitrogen and oxygen atoms in total. The molecule has 0 unspecified atom stereocenters. The molecular weight excluding hydrogens is 268 g/mol. The summed E-state index contributed by atoms with van der Waals surface area (Å²) >= 11 is 0. The Kier molecular flexibility index (Phi) is 3.85. The van der Waals surface area contributed by atoms with E-state index in [9.17, 15) is 4.79 Å². The number of carbonyl (C=O) groups is 1. The average molecular weight is 286 g/mol. The van der Waals surface area contributed by atoms with E-state index in [0.29, 0.717) is 18.0 Å². The van der Waals surface area contributed by atoms with Gasteiger partial charge >= 0.3 is 0 Å². The van der Waals surface area contributed by atoms with Gasteiger partial charge in [-0.1, -0.05) is 0 Å². The monoisotopic (exact) mass is 286 g/mol. The van der Waals surface area contributed by atoms with Gasteiger partial charge in [-0.15, -0.1) is 0 Å². The number of likely N-dealkylation sites (tertiary alicyclic amines) is 1. The number of pyridine rings is 1. The lowest BCUT2D eigenvalue weighted by molar-refractivity contribution is 0.0675. The molecule has 3 heterocycles. The number of aromatic nitrogens is 3. The van der Waals surface area contributed by atoms with Crippen LogP contribution in [0, 0.1) is 0 Å². The fourth-order valence-electron chi connectivity index (χ4n) is 2.75. The largest absolute Gasteiger partial charge is 0.480 e. The highest BCUT2D eigenvalue weighted by Gasteiger charge is 2.27. The second kappa shape index (κ2) is 5.95. The van der Waals surface area contributed by atoms with Crippen LogP contribution in [0.2, 0.25) is 0 Å². The molecule has 0 saturated carbocycles. The zero-order valence-corrected chi connectivity index (χ0v) is 12.0. The number of hydrogen-bond acceptors (Lipinski definition) is 4. The fourth-order valence-corrected chi connectivity index (χ4v) is 2.75. The van der Waals surface area contributed by atoms with Gasteiger partial charge in [-0.05, 0) is 25.0 Å². The van der Waals surface area contributed by atoms with Crippen LogP contribution in [-0.4, -0.2) is 45.5 Å². The highest BCUT2D eigenvalue weighted by atomic mass is 16.5. The third-order valence-corrected chi connectivity index (χ3v) is 3.83. The van der Waals surface area contributed by atoms with Crippen molar-refractivity contribution in [3.05, 3.63) is 42.6 Å². The van der Waals surface area contributed by atoms with E-state index in [4.69, 9.17) is 4.74 Å². The molecule has 2 aromatic rings. The SMILES string of the molecule is COc1ncccc1C(=O)N1CCC[C@H](n2ccnc2)C1. The van der Waals surface area contributed by atoms with E-state index < -0.39 is 0 Å². The van der Waals surface area contributed by atoms with Gasteiger partial charge in [0.2, 0.25) is 5.88 Å². The number of carbonyl (C=O) groups excluding carboxylic acids is 1. The van der Waals surface area contributed by atoms with E-state index in [1.165, 1.54) is 7.11 Å². The Hall–Kier alpha value is -2.37. The standard InChI is InChI=1S/C15H18N4O2/c1-21-14-13(5-2-6-17-14)15(20)18-8-3-4-12(10-18)19-9-7-16-11-19/h2,5-7,9,11-12H,3-4,8,10H2,1H3/t12-/m0/s1. The van der Waals surface area contributed by atoms with Gasteiger partial charge in [0.1, 0.15) is 5.56 Å². The molecule has 2 aromatic heterocycles. The molecule has 0 aliphatic carbocycles. The van der Waals surface area contributed by atoms with Crippen LogP contribution in [0.3, 0.4) is 0 Å². The topological polar surface area (TPSA) is 60.2 Å². The molecule has 1 saturated heterocycles. The third-order valence-electron chi connectivity index (χ3n) is 3.83. The van der Waals surface area contributed by atoms with Crippen molar-refractivity contribution in [3.8, 4) is 5.88 Å². The maximum Gasteiger partial charge on any atom is 0.259 e. The first-order valence-electron chi connectivity index (χ1n) is 7.05. The molecule has 6 heteroatoms. The molecule has 3 rings (SSSR count).